The van der Waals surface area contributed by atoms with E-state index in [9.17, 15) is 9.59 Å². The summed E-state index contributed by atoms with van der Waals surface area (Å²) in [5.74, 6) is -0.170. The molecule has 0 aliphatic rings. The summed E-state index contributed by atoms with van der Waals surface area (Å²) in [4.78, 5) is 30.0. The maximum atomic E-state index is 11.9. The highest BCUT2D eigenvalue weighted by atomic mass is 32.1. The predicted molar refractivity (Wildman–Crippen MR) is 77.6 cm³/mol. The molecule has 0 atom stereocenters. The predicted octanol–water partition coefficient (Wildman–Crippen LogP) is 2.53. The molecular formula is C13H21N3O2S. The minimum atomic E-state index is -0.0914. The highest BCUT2D eigenvalue weighted by Gasteiger charge is 2.20. The lowest BCUT2D eigenvalue weighted by atomic mass is 9.92. The van der Waals surface area contributed by atoms with Gasteiger partial charge in [0.1, 0.15) is 4.88 Å². The fourth-order valence-electron chi connectivity index (χ4n) is 1.50. The van der Waals surface area contributed by atoms with Crippen molar-refractivity contribution >= 4 is 28.3 Å². The third-order valence-corrected chi connectivity index (χ3v) is 3.40. The lowest BCUT2D eigenvalue weighted by molar-refractivity contribution is -0.117. The molecule has 0 bridgehead atoms. The Morgan fingerprint density at radius 1 is 1.32 bits per heavy atom. The van der Waals surface area contributed by atoms with E-state index in [1.54, 1.807) is 21.0 Å². The molecule has 106 valence electrons. The molecule has 0 aliphatic heterocycles. The van der Waals surface area contributed by atoms with Crippen molar-refractivity contribution in [3.63, 3.8) is 0 Å². The molecule has 0 aliphatic carbocycles. The Balaban J connectivity index is 2.79. The molecule has 1 aromatic rings. The van der Waals surface area contributed by atoms with Crippen LogP contribution in [0.4, 0.5) is 5.13 Å². The molecule has 1 heterocycles. The Kier molecular flexibility index (Phi) is 4.68. The maximum absolute atomic E-state index is 11.9. The Morgan fingerprint density at radius 3 is 2.37 bits per heavy atom. The summed E-state index contributed by atoms with van der Waals surface area (Å²) in [6, 6.07) is 0. The van der Waals surface area contributed by atoms with Crippen LogP contribution in [0.2, 0.25) is 0 Å². The fraction of sp³-hybridized carbons (Fsp3) is 0.615. The van der Waals surface area contributed by atoms with Crippen LogP contribution in [0.25, 0.3) is 0 Å². The molecule has 0 spiro atoms. The van der Waals surface area contributed by atoms with Gasteiger partial charge in [-0.2, -0.15) is 0 Å². The van der Waals surface area contributed by atoms with E-state index in [1.807, 2.05) is 20.8 Å². The van der Waals surface area contributed by atoms with Crippen molar-refractivity contribution < 1.29 is 9.59 Å². The molecular weight excluding hydrogens is 262 g/mol. The second-order valence-electron chi connectivity index (χ2n) is 5.92. The largest absolute Gasteiger partial charge is 0.344 e. The molecule has 2 amide bonds. The van der Waals surface area contributed by atoms with E-state index in [-0.39, 0.29) is 17.2 Å². The van der Waals surface area contributed by atoms with E-state index < -0.39 is 0 Å². The number of anilines is 1. The Bertz CT molecular complexity index is 487. The van der Waals surface area contributed by atoms with Crippen LogP contribution in [0, 0.1) is 12.3 Å². The number of nitrogens with zero attached hydrogens (tertiary/aromatic N) is 2. The number of rotatable bonds is 3. The average molecular weight is 283 g/mol. The smallest absolute Gasteiger partial charge is 0.265 e. The van der Waals surface area contributed by atoms with Crippen molar-refractivity contribution in [3.05, 3.63) is 10.6 Å². The van der Waals surface area contributed by atoms with E-state index in [0.29, 0.717) is 22.1 Å². The van der Waals surface area contributed by atoms with Gasteiger partial charge >= 0.3 is 0 Å². The molecule has 5 nitrogen and oxygen atoms in total. The minimum Gasteiger partial charge on any atom is -0.344 e. The van der Waals surface area contributed by atoms with Crippen molar-refractivity contribution in [3.8, 4) is 0 Å². The number of nitrogens with one attached hydrogen (secondary N) is 1. The summed E-state index contributed by atoms with van der Waals surface area (Å²) in [5.41, 5.74) is 0.577. The quantitative estimate of drug-likeness (QED) is 0.927. The average Bonchev–Trinajstić information content (AvgIpc) is 2.54. The number of hydrogen-bond acceptors (Lipinski definition) is 4. The molecule has 19 heavy (non-hydrogen) atoms. The SMILES string of the molecule is Cc1nc(NC(=O)CC(C)(C)C)sc1C(=O)N(C)C. The first-order valence-corrected chi connectivity index (χ1v) is 6.91. The summed E-state index contributed by atoms with van der Waals surface area (Å²) in [5, 5.41) is 3.23. The van der Waals surface area contributed by atoms with Crippen LogP contribution in [-0.2, 0) is 4.79 Å². The van der Waals surface area contributed by atoms with E-state index in [2.05, 4.69) is 10.3 Å². The van der Waals surface area contributed by atoms with Crippen LogP contribution in [0.15, 0.2) is 0 Å². The molecule has 0 aromatic carbocycles. The second kappa shape index (κ2) is 5.69. The zero-order valence-corrected chi connectivity index (χ0v) is 13.1. The van der Waals surface area contributed by atoms with Crippen LogP contribution >= 0.6 is 11.3 Å². The highest BCUT2D eigenvalue weighted by molar-refractivity contribution is 7.17. The third-order valence-electron chi connectivity index (χ3n) is 2.33. The van der Waals surface area contributed by atoms with Crippen molar-refractivity contribution in [2.45, 2.75) is 34.1 Å². The maximum Gasteiger partial charge on any atom is 0.265 e. The Morgan fingerprint density at radius 2 is 1.89 bits per heavy atom. The molecule has 6 heteroatoms. The van der Waals surface area contributed by atoms with Crippen LogP contribution in [0.3, 0.4) is 0 Å². The van der Waals surface area contributed by atoms with Gasteiger partial charge in [-0.1, -0.05) is 32.1 Å². The van der Waals surface area contributed by atoms with Gasteiger partial charge in [0.2, 0.25) is 5.91 Å². The van der Waals surface area contributed by atoms with Gasteiger partial charge in [0.25, 0.3) is 5.91 Å². The zero-order valence-electron chi connectivity index (χ0n) is 12.3. The Labute approximate surface area is 118 Å². The second-order valence-corrected chi connectivity index (χ2v) is 6.92. The summed E-state index contributed by atoms with van der Waals surface area (Å²) in [6.45, 7) is 7.77. The topological polar surface area (TPSA) is 62.3 Å². The first kappa shape index (κ1) is 15.6. The fourth-order valence-corrected chi connectivity index (χ4v) is 2.50. The molecule has 0 unspecified atom stereocenters. The van der Waals surface area contributed by atoms with Gasteiger partial charge in [-0.25, -0.2) is 4.98 Å². The van der Waals surface area contributed by atoms with Crippen LogP contribution in [0.1, 0.15) is 42.6 Å². The number of thiazole rings is 1. The number of carbonyl (C=O) groups excluding carboxylic acids is 2. The zero-order chi connectivity index (χ0) is 14.8. The van der Waals surface area contributed by atoms with Crippen LogP contribution < -0.4 is 5.32 Å². The van der Waals surface area contributed by atoms with Gasteiger partial charge < -0.3 is 10.2 Å². The van der Waals surface area contributed by atoms with Gasteiger partial charge in [-0.05, 0) is 12.3 Å². The lowest BCUT2D eigenvalue weighted by Crippen LogP contribution is -2.21. The number of carbonyl (C=O) groups is 2. The first-order chi connectivity index (χ1) is 8.60. The van der Waals surface area contributed by atoms with Gasteiger partial charge in [0.15, 0.2) is 5.13 Å². The summed E-state index contributed by atoms with van der Waals surface area (Å²) in [7, 11) is 3.39. The van der Waals surface area contributed by atoms with Crippen LogP contribution in [-0.4, -0.2) is 35.8 Å². The summed E-state index contributed by atoms with van der Waals surface area (Å²) in [6.07, 6.45) is 0.419. The van der Waals surface area contributed by atoms with E-state index in [1.165, 1.54) is 16.2 Å². The van der Waals surface area contributed by atoms with Crippen LogP contribution in [0.5, 0.6) is 0 Å². The summed E-state index contributed by atoms with van der Waals surface area (Å²) < 4.78 is 0. The molecule has 0 fully saturated rings. The van der Waals surface area contributed by atoms with Gasteiger partial charge in [-0.3, -0.25) is 9.59 Å². The first-order valence-electron chi connectivity index (χ1n) is 6.09. The molecule has 0 saturated heterocycles. The van der Waals surface area contributed by atoms with E-state index in [4.69, 9.17) is 0 Å². The number of aryl methyl sites for hydroxylation is 1. The Hall–Kier alpha value is -1.43. The van der Waals surface area contributed by atoms with E-state index >= 15 is 0 Å². The minimum absolute atomic E-state index is 0.0708. The monoisotopic (exact) mass is 283 g/mol. The number of aromatic nitrogens is 1. The van der Waals surface area contributed by atoms with Gasteiger partial charge in [-0.15, -0.1) is 0 Å². The van der Waals surface area contributed by atoms with E-state index in [0.717, 1.165) is 0 Å². The van der Waals surface area contributed by atoms with Crippen molar-refractivity contribution in [1.82, 2.24) is 9.88 Å². The molecule has 1 aromatic heterocycles. The normalized spacial score (nSPS) is 11.3. The highest BCUT2D eigenvalue weighted by Crippen LogP contribution is 2.25. The molecule has 1 N–H and O–H groups in total. The number of hydrogen-bond donors (Lipinski definition) is 1. The lowest BCUT2D eigenvalue weighted by Gasteiger charge is -2.16. The molecule has 1 rings (SSSR count). The standard InChI is InChI=1S/C13H21N3O2S/c1-8-10(11(18)16(5)6)19-12(14-8)15-9(17)7-13(2,3)4/h7H2,1-6H3,(H,14,15,17). The van der Waals surface area contributed by atoms with Crippen molar-refractivity contribution in [1.29, 1.82) is 0 Å². The molecule has 0 radical (unpaired) electrons. The third kappa shape index (κ3) is 4.63. The van der Waals surface area contributed by atoms with Crippen molar-refractivity contribution in [2.24, 2.45) is 5.41 Å². The number of amides is 2. The van der Waals surface area contributed by atoms with Gasteiger partial charge in [0.05, 0.1) is 5.69 Å². The van der Waals surface area contributed by atoms with Gasteiger partial charge in [0, 0.05) is 20.5 Å². The molecule has 0 saturated carbocycles. The van der Waals surface area contributed by atoms with Crippen molar-refractivity contribution in [2.75, 3.05) is 19.4 Å². The summed E-state index contributed by atoms with van der Waals surface area (Å²) >= 11 is 1.22.